The van der Waals surface area contributed by atoms with Crippen LogP contribution in [0.1, 0.15) is 55.1 Å². The molecular weight excluding hydrogens is 264 g/mol. The lowest BCUT2D eigenvalue weighted by atomic mass is 9.85. The van der Waals surface area contributed by atoms with Crippen LogP contribution < -0.4 is 4.74 Å². The Bertz CT molecular complexity index is 618. The van der Waals surface area contributed by atoms with Gasteiger partial charge in [-0.05, 0) is 41.2 Å². The number of aldehydes is 1. The third-order valence-electron chi connectivity index (χ3n) is 3.43. The molecule has 0 fully saturated rings. The standard InChI is InChI=1S/C18H22O3/c1-5-13-6-9-17(16(10-13)18(2,3)4)20-12-15-8-7-14(11-19)21-15/h6-11H,5,12H2,1-4H3. The highest BCUT2D eigenvalue weighted by Crippen LogP contribution is 2.33. The van der Waals surface area contributed by atoms with Gasteiger partial charge in [0.05, 0.1) is 0 Å². The van der Waals surface area contributed by atoms with E-state index in [4.69, 9.17) is 9.15 Å². The Kier molecular flexibility index (Phi) is 4.51. The van der Waals surface area contributed by atoms with Crippen molar-refractivity contribution >= 4 is 6.29 Å². The van der Waals surface area contributed by atoms with Gasteiger partial charge in [-0.25, -0.2) is 0 Å². The SMILES string of the molecule is CCc1ccc(OCc2ccc(C=O)o2)c(C(C)(C)C)c1. The van der Waals surface area contributed by atoms with Gasteiger partial charge in [0.15, 0.2) is 12.0 Å². The molecule has 0 atom stereocenters. The van der Waals surface area contributed by atoms with E-state index in [0.29, 0.717) is 24.4 Å². The highest BCUT2D eigenvalue weighted by atomic mass is 16.5. The molecule has 1 aromatic carbocycles. The molecule has 0 aliphatic heterocycles. The van der Waals surface area contributed by atoms with Crippen LogP contribution in [0.3, 0.4) is 0 Å². The third kappa shape index (κ3) is 3.75. The summed E-state index contributed by atoms with van der Waals surface area (Å²) in [5.74, 6) is 1.84. The van der Waals surface area contributed by atoms with Crippen molar-refractivity contribution in [1.82, 2.24) is 0 Å². The molecule has 0 radical (unpaired) electrons. The molecule has 0 amide bonds. The van der Waals surface area contributed by atoms with E-state index in [-0.39, 0.29) is 5.41 Å². The Balaban J connectivity index is 2.20. The Morgan fingerprint density at radius 2 is 1.95 bits per heavy atom. The van der Waals surface area contributed by atoms with Crippen molar-refractivity contribution in [3.8, 4) is 5.75 Å². The number of furan rings is 1. The molecule has 2 aromatic rings. The molecular formula is C18H22O3. The molecule has 0 N–H and O–H groups in total. The van der Waals surface area contributed by atoms with Crippen LogP contribution in [0.2, 0.25) is 0 Å². The fourth-order valence-electron chi connectivity index (χ4n) is 2.19. The summed E-state index contributed by atoms with van der Waals surface area (Å²) >= 11 is 0. The van der Waals surface area contributed by atoms with E-state index >= 15 is 0 Å². The number of benzene rings is 1. The van der Waals surface area contributed by atoms with Gasteiger partial charge in [0.25, 0.3) is 0 Å². The van der Waals surface area contributed by atoms with Crippen molar-refractivity contribution in [2.45, 2.75) is 46.1 Å². The Morgan fingerprint density at radius 3 is 2.52 bits per heavy atom. The van der Waals surface area contributed by atoms with Crippen LogP contribution in [0.4, 0.5) is 0 Å². The van der Waals surface area contributed by atoms with Gasteiger partial charge >= 0.3 is 0 Å². The normalized spacial score (nSPS) is 11.4. The summed E-state index contributed by atoms with van der Waals surface area (Å²) in [5, 5.41) is 0. The molecule has 0 bridgehead atoms. The number of rotatable bonds is 5. The second kappa shape index (κ2) is 6.17. The molecule has 0 unspecified atom stereocenters. The molecule has 0 saturated heterocycles. The average Bonchev–Trinajstić information content (AvgIpc) is 2.92. The van der Waals surface area contributed by atoms with E-state index in [1.807, 2.05) is 6.07 Å². The fourth-order valence-corrected chi connectivity index (χ4v) is 2.19. The van der Waals surface area contributed by atoms with Gasteiger partial charge in [0, 0.05) is 0 Å². The van der Waals surface area contributed by atoms with E-state index in [9.17, 15) is 4.79 Å². The van der Waals surface area contributed by atoms with E-state index in [2.05, 4.69) is 39.8 Å². The van der Waals surface area contributed by atoms with Crippen LogP contribution in [0.5, 0.6) is 5.75 Å². The average molecular weight is 286 g/mol. The Morgan fingerprint density at radius 1 is 1.19 bits per heavy atom. The van der Waals surface area contributed by atoms with E-state index < -0.39 is 0 Å². The summed E-state index contributed by atoms with van der Waals surface area (Å²) in [6, 6.07) is 9.72. The van der Waals surface area contributed by atoms with Crippen LogP contribution in [0.15, 0.2) is 34.7 Å². The lowest BCUT2D eigenvalue weighted by molar-refractivity contribution is 0.109. The van der Waals surface area contributed by atoms with Crippen molar-refractivity contribution in [3.05, 3.63) is 53.0 Å². The smallest absolute Gasteiger partial charge is 0.185 e. The Labute approximate surface area is 125 Å². The van der Waals surface area contributed by atoms with E-state index in [0.717, 1.165) is 12.2 Å². The summed E-state index contributed by atoms with van der Waals surface area (Å²) in [5.41, 5.74) is 2.50. The van der Waals surface area contributed by atoms with Crippen LogP contribution in [0.25, 0.3) is 0 Å². The van der Waals surface area contributed by atoms with Crippen LogP contribution in [0, 0.1) is 0 Å². The lowest BCUT2D eigenvalue weighted by Crippen LogP contribution is -2.14. The first-order valence-electron chi connectivity index (χ1n) is 7.24. The van der Waals surface area contributed by atoms with Crippen LogP contribution >= 0.6 is 0 Å². The van der Waals surface area contributed by atoms with E-state index in [1.165, 1.54) is 11.1 Å². The van der Waals surface area contributed by atoms with Gasteiger partial charge in [-0.2, -0.15) is 0 Å². The first-order chi connectivity index (χ1) is 9.94. The largest absolute Gasteiger partial charge is 0.485 e. The van der Waals surface area contributed by atoms with Crippen molar-refractivity contribution in [2.24, 2.45) is 0 Å². The van der Waals surface area contributed by atoms with Gasteiger partial charge < -0.3 is 9.15 Å². The van der Waals surface area contributed by atoms with E-state index in [1.54, 1.807) is 12.1 Å². The third-order valence-corrected chi connectivity index (χ3v) is 3.43. The second-order valence-electron chi connectivity index (χ2n) is 6.14. The number of carbonyl (C=O) groups excluding carboxylic acids is 1. The number of carbonyl (C=O) groups is 1. The fraction of sp³-hybridized carbons (Fsp3) is 0.389. The monoisotopic (exact) mass is 286 g/mol. The predicted octanol–water partition coefficient (Wildman–Crippen LogP) is 4.53. The molecule has 2 rings (SSSR count). The molecule has 1 heterocycles. The van der Waals surface area contributed by atoms with Crippen molar-refractivity contribution < 1.29 is 13.9 Å². The molecule has 3 nitrogen and oxygen atoms in total. The Hall–Kier alpha value is -2.03. The zero-order valence-corrected chi connectivity index (χ0v) is 13.1. The maximum absolute atomic E-state index is 10.6. The van der Waals surface area contributed by atoms with Crippen molar-refractivity contribution in [3.63, 3.8) is 0 Å². The maximum atomic E-state index is 10.6. The topological polar surface area (TPSA) is 39.4 Å². The molecule has 0 spiro atoms. The second-order valence-corrected chi connectivity index (χ2v) is 6.14. The first kappa shape index (κ1) is 15.4. The minimum absolute atomic E-state index is 0.0115. The van der Waals surface area contributed by atoms with Crippen LogP contribution in [-0.2, 0) is 18.4 Å². The van der Waals surface area contributed by atoms with Crippen LogP contribution in [-0.4, -0.2) is 6.29 Å². The number of hydrogen-bond donors (Lipinski definition) is 0. The van der Waals surface area contributed by atoms with Gasteiger partial charge in [-0.1, -0.05) is 39.8 Å². The summed E-state index contributed by atoms with van der Waals surface area (Å²) < 4.78 is 11.2. The predicted molar refractivity (Wildman–Crippen MR) is 82.9 cm³/mol. The maximum Gasteiger partial charge on any atom is 0.185 e. The summed E-state index contributed by atoms with van der Waals surface area (Å²) in [6.45, 7) is 8.98. The summed E-state index contributed by atoms with van der Waals surface area (Å²) in [7, 11) is 0. The zero-order chi connectivity index (χ0) is 15.5. The van der Waals surface area contributed by atoms with Crippen molar-refractivity contribution in [2.75, 3.05) is 0 Å². The molecule has 0 aliphatic carbocycles. The highest BCUT2D eigenvalue weighted by molar-refractivity contribution is 5.70. The quantitative estimate of drug-likeness (QED) is 0.758. The molecule has 0 aliphatic rings. The first-order valence-corrected chi connectivity index (χ1v) is 7.24. The van der Waals surface area contributed by atoms with Gasteiger partial charge in [-0.15, -0.1) is 0 Å². The number of hydrogen-bond acceptors (Lipinski definition) is 3. The molecule has 0 saturated carbocycles. The minimum Gasteiger partial charge on any atom is -0.485 e. The number of ether oxygens (including phenoxy) is 1. The zero-order valence-electron chi connectivity index (χ0n) is 13.1. The molecule has 21 heavy (non-hydrogen) atoms. The number of aryl methyl sites for hydroxylation is 1. The van der Waals surface area contributed by atoms with Gasteiger partial charge in [0.2, 0.25) is 0 Å². The lowest BCUT2D eigenvalue weighted by Gasteiger charge is -2.23. The molecule has 1 aromatic heterocycles. The molecule has 112 valence electrons. The summed E-state index contributed by atoms with van der Waals surface area (Å²) in [6.07, 6.45) is 1.70. The van der Waals surface area contributed by atoms with Gasteiger partial charge in [0.1, 0.15) is 18.1 Å². The highest BCUT2D eigenvalue weighted by Gasteiger charge is 2.19. The summed E-state index contributed by atoms with van der Waals surface area (Å²) in [4.78, 5) is 10.6. The van der Waals surface area contributed by atoms with Gasteiger partial charge in [-0.3, -0.25) is 4.79 Å². The van der Waals surface area contributed by atoms with Crippen molar-refractivity contribution in [1.29, 1.82) is 0 Å². The minimum atomic E-state index is 0.0115. The molecule has 3 heteroatoms.